The molecule has 0 aliphatic heterocycles. The molecule has 4 rings (SSSR count). The van der Waals surface area contributed by atoms with Crippen LogP contribution in [0.25, 0.3) is 11.0 Å². The number of aromatic amines is 1. The molecule has 0 unspecified atom stereocenters. The van der Waals surface area contributed by atoms with Gasteiger partial charge in [-0.3, -0.25) is 10.1 Å². The van der Waals surface area contributed by atoms with Crippen LogP contribution in [-0.4, -0.2) is 42.6 Å². The molecule has 0 spiro atoms. The summed E-state index contributed by atoms with van der Waals surface area (Å²) in [6.45, 7) is 0.938. The minimum Gasteiger partial charge on any atom is -0.396 e. The number of aliphatic hydroxyl groups is 1. The fourth-order valence-electron chi connectivity index (χ4n) is 3.22. The van der Waals surface area contributed by atoms with E-state index in [1.54, 1.807) is 18.2 Å². The molecule has 1 amide bonds. The van der Waals surface area contributed by atoms with E-state index in [0.29, 0.717) is 17.0 Å². The third-order valence-electron chi connectivity index (χ3n) is 5.16. The van der Waals surface area contributed by atoms with Gasteiger partial charge in [-0.15, -0.1) is 0 Å². The molecule has 0 radical (unpaired) electrons. The SMILES string of the molecule is O=C(Nc1nc2cc(OS(=O)(=O)c3ccc(NCCCCCO)cc3)ccc2[nH]1)C1CC1. The molecule has 1 aliphatic rings. The molecule has 2 aromatic carbocycles. The number of H-pyrrole nitrogens is 1. The van der Waals surface area contributed by atoms with Crippen molar-refractivity contribution >= 4 is 38.7 Å². The standard InChI is InChI=1S/C22H26N4O5S/c27-13-3-1-2-12-23-16-6-9-18(10-7-16)32(29,30)31-17-8-11-19-20(14-17)25-22(24-19)26-21(28)15-4-5-15/h6-11,14-15,23,27H,1-5,12-13H2,(H2,24,25,26,28). The Morgan fingerprint density at radius 2 is 1.91 bits per heavy atom. The van der Waals surface area contributed by atoms with Crippen molar-refractivity contribution in [1.82, 2.24) is 9.97 Å². The number of fused-ring (bicyclic) bond motifs is 1. The van der Waals surface area contributed by atoms with Crippen LogP contribution in [0.2, 0.25) is 0 Å². The first-order chi connectivity index (χ1) is 15.4. The number of amides is 1. The van der Waals surface area contributed by atoms with Crippen molar-refractivity contribution in [3.63, 3.8) is 0 Å². The molecule has 10 heteroatoms. The van der Waals surface area contributed by atoms with Crippen molar-refractivity contribution in [2.45, 2.75) is 37.0 Å². The highest BCUT2D eigenvalue weighted by Crippen LogP contribution is 2.30. The Balaban J connectivity index is 1.39. The average Bonchev–Trinajstić information content (AvgIpc) is 3.55. The number of imidazole rings is 1. The lowest BCUT2D eigenvalue weighted by atomic mass is 10.2. The van der Waals surface area contributed by atoms with Crippen molar-refractivity contribution < 1.29 is 22.5 Å². The van der Waals surface area contributed by atoms with Gasteiger partial charge in [-0.25, -0.2) is 4.98 Å². The van der Waals surface area contributed by atoms with Gasteiger partial charge >= 0.3 is 10.1 Å². The highest BCUT2D eigenvalue weighted by Gasteiger charge is 2.30. The summed E-state index contributed by atoms with van der Waals surface area (Å²) < 4.78 is 30.6. The van der Waals surface area contributed by atoms with Gasteiger partial charge in [-0.05, 0) is 68.5 Å². The lowest BCUT2D eigenvalue weighted by Gasteiger charge is -2.09. The summed E-state index contributed by atoms with van der Waals surface area (Å²) in [6, 6.07) is 11.1. The molecule has 9 nitrogen and oxygen atoms in total. The fourth-order valence-corrected chi connectivity index (χ4v) is 4.14. The average molecular weight is 459 g/mol. The molecule has 0 saturated heterocycles. The van der Waals surface area contributed by atoms with Gasteiger partial charge in [0.2, 0.25) is 11.9 Å². The second-order valence-electron chi connectivity index (χ2n) is 7.80. The molecule has 0 bridgehead atoms. The van der Waals surface area contributed by atoms with Crippen molar-refractivity contribution in [2.75, 3.05) is 23.8 Å². The number of aromatic nitrogens is 2. The summed E-state index contributed by atoms with van der Waals surface area (Å²) in [6.07, 6.45) is 4.41. The Morgan fingerprint density at radius 3 is 2.62 bits per heavy atom. The third kappa shape index (κ3) is 5.57. The van der Waals surface area contributed by atoms with Crippen LogP contribution in [0, 0.1) is 5.92 Å². The molecule has 1 aromatic heterocycles. The molecule has 1 saturated carbocycles. The highest BCUT2D eigenvalue weighted by atomic mass is 32.2. The molecule has 32 heavy (non-hydrogen) atoms. The van der Waals surface area contributed by atoms with Gasteiger partial charge in [0.25, 0.3) is 0 Å². The number of nitrogens with zero attached hydrogens (tertiary/aromatic N) is 1. The van der Waals surface area contributed by atoms with E-state index in [-0.39, 0.29) is 29.1 Å². The first kappa shape index (κ1) is 22.1. The van der Waals surface area contributed by atoms with E-state index >= 15 is 0 Å². The number of benzene rings is 2. The minimum atomic E-state index is -4.01. The topological polar surface area (TPSA) is 133 Å². The second-order valence-corrected chi connectivity index (χ2v) is 9.35. The maximum Gasteiger partial charge on any atom is 0.339 e. The quantitative estimate of drug-likeness (QED) is 0.256. The number of carbonyl (C=O) groups is 1. The zero-order valence-electron chi connectivity index (χ0n) is 17.5. The molecule has 3 aromatic rings. The van der Waals surface area contributed by atoms with Crippen LogP contribution < -0.4 is 14.8 Å². The Labute approximate surface area is 186 Å². The number of hydrogen-bond acceptors (Lipinski definition) is 7. The molecular formula is C22H26N4O5S. The van der Waals surface area contributed by atoms with Gasteiger partial charge in [-0.2, -0.15) is 8.42 Å². The van der Waals surface area contributed by atoms with Crippen molar-refractivity contribution in [3.05, 3.63) is 42.5 Å². The number of unbranched alkanes of at least 4 members (excludes halogenated alkanes) is 2. The Kier molecular flexibility index (Phi) is 6.61. The number of nitrogens with one attached hydrogen (secondary N) is 3. The van der Waals surface area contributed by atoms with Crippen molar-refractivity contribution in [2.24, 2.45) is 5.92 Å². The van der Waals surface area contributed by atoms with E-state index in [1.165, 1.54) is 24.3 Å². The summed E-state index contributed by atoms with van der Waals surface area (Å²) in [5, 5.41) is 14.7. The Morgan fingerprint density at radius 1 is 1.12 bits per heavy atom. The summed E-state index contributed by atoms with van der Waals surface area (Å²) in [5.74, 6) is 0.456. The van der Waals surface area contributed by atoms with Crippen LogP contribution in [0.15, 0.2) is 47.4 Å². The van der Waals surface area contributed by atoms with Gasteiger partial charge in [0.15, 0.2) is 0 Å². The summed E-state index contributed by atoms with van der Waals surface area (Å²) >= 11 is 0. The number of carbonyl (C=O) groups excluding carboxylic acids is 1. The molecule has 170 valence electrons. The first-order valence-corrected chi connectivity index (χ1v) is 12.1. The smallest absolute Gasteiger partial charge is 0.339 e. The summed E-state index contributed by atoms with van der Waals surface area (Å²) in [7, 11) is -4.01. The lowest BCUT2D eigenvalue weighted by Crippen LogP contribution is -2.14. The van der Waals surface area contributed by atoms with Crippen LogP contribution >= 0.6 is 0 Å². The van der Waals surface area contributed by atoms with Gasteiger partial charge in [0.1, 0.15) is 10.6 Å². The highest BCUT2D eigenvalue weighted by molar-refractivity contribution is 7.87. The Bertz CT molecular complexity index is 1190. The van der Waals surface area contributed by atoms with E-state index < -0.39 is 10.1 Å². The number of anilines is 2. The van der Waals surface area contributed by atoms with Crippen molar-refractivity contribution in [1.29, 1.82) is 0 Å². The largest absolute Gasteiger partial charge is 0.396 e. The fraction of sp³-hybridized carbons (Fsp3) is 0.364. The lowest BCUT2D eigenvalue weighted by molar-refractivity contribution is -0.117. The number of hydrogen-bond donors (Lipinski definition) is 4. The van der Waals surface area contributed by atoms with Crippen LogP contribution in [0.3, 0.4) is 0 Å². The second kappa shape index (κ2) is 9.58. The van der Waals surface area contributed by atoms with Crippen LogP contribution in [-0.2, 0) is 14.9 Å². The van der Waals surface area contributed by atoms with Gasteiger partial charge in [-0.1, -0.05) is 0 Å². The van der Waals surface area contributed by atoms with Crippen molar-refractivity contribution in [3.8, 4) is 5.75 Å². The summed E-state index contributed by atoms with van der Waals surface area (Å²) in [4.78, 5) is 19.2. The summed E-state index contributed by atoms with van der Waals surface area (Å²) in [5.41, 5.74) is 1.96. The molecule has 4 N–H and O–H groups in total. The zero-order chi connectivity index (χ0) is 22.6. The minimum absolute atomic E-state index is 0.0443. The predicted octanol–water partition coefficient (Wildman–Crippen LogP) is 3.25. The van der Waals surface area contributed by atoms with Gasteiger partial charge < -0.3 is 19.6 Å². The van der Waals surface area contributed by atoms with Crippen LogP contribution in [0.5, 0.6) is 5.75 Å². The third-order valence-corrected chi connectivity index (χ3v) is 6.42. The maximum atomic E-state index is 12.7. The Hall–Kier alpha value is -3.11. The zero-order valence-corrected chi connectivity index (χ0v) is 18.3. The maximum absolute atomic E-state index is 12.7. The van der Waals surface area contributed by atoms with E-state index in [1.807, 2.05) is 0 Å². The van der Waals surface area contributed by atoms with E-state index in [2.05, 4.69) is 20.6 Å². The van der Waals surface area contributed by atoms with E-state index in [9.17, 15) is 13.2 Å². The predicted molar refractivity (Wildman–Crippen MR) is 121 cm³/mol. The van der Waals surface area contributed by atoms with Crippen LogP contribution in [0.1, 0.15) is 32.1 Å². The van der Waals surface area contributed by atoms with E-state index in [0.717, 1.165) is 44.3 Å². The molecule has 1 aliphatic carbocycles. The first-order valence-electron chi connectivity index (χ1n) is 10.6. The monoisotopic (exact) mass is 458 g/mol. The van der Waals surface area contributed by atoms with Crippen LogP contribution in [0.4, 0.5) is 11.6 Å². The molecule has 1 heterocycles. The van der Waals surface area contributed by atoms with Gasteiger partial charge in [0.05, 0.1) is 11.0 Å². The van der Waals surface area contributed by atoms with Gasteiger partial charge in [0, 0.05) is 30.8 Å². The number of aliphatic hydroxyl groups excluding tert-OH is 1. The van der Waals surface area contributed by atoms with E-state index in [4.69, 9.17) is 9.29 Å². The molecule has 0 atom stereocenters. The number of rotatable bonds is 11. The normalized spacial score (nSPS) is 13.8. The molecule has 1 fully saturated rings. The molecular weight excluding hydrogens is 432 g/mol.